The molecule has 1 aromatic carbocycles. The molecule has 24 heavy (non-hydrogen) atoms. The van der Waals surface area contributed by atoms with Crippen LogP contribution in [0.2, 0.25) is 0 Å². The van der Waals surface area contributed by atoms with Gasteiger partial charge in [-0.2, -0.15) is 0 Å². The first-order valence-corrected chi connectivity index (χ1v) is 9.14. The molecule has 1 fully saturated rings. The number of phenolic OH excluding ortho intramolecular Hbond substituents is 1. The summed E-state index contributed by atoms with van der Waals surface area (Å²) in [5, 5.41) is 10.8. The summed E-state index contributed by atoms with van der Waals surface area (Å²) in [4.78, 5) is 14.4. The van der Waals surface area contributed by atoms with E-state index >= 15 is 0 Å². The average molecular weight is 364 g/mol. The monoisotopic (exact) mass is 363 g/mol. The fourth-order valence-electron chi connectivity index (χ4n) is 2.58. The molecular formula is C19H25NO2S2. The van der Waals surface area contributed by atoms with Gasteiger partial charge in [-0.1, -0.05) is 65.5 Å². The van der Waals surface area contributed by atoms with Gasteiger partial charge >= 0.3 is 0 Å². The van der Waals surface area contributed by atoms with Crippen molar-refractivity contribution >= 4 is 40.3 Å². The number of amides is 1. The number of rotatable bonds is 1. The molecule has 2 rings (SSSR count). The molecule has 0 aromatic heterocycles. The molecule has 0 radical (unpaired) electrons. The molecule has 1 saturated heterocycles. The highest BCUT2D eigenvalue weighted by atomic mass is 32.2. The summed E-state index contributed by atoms with van der Waals surface area (Å²) < 4.78 is 0.567. The molecule has 1 heterocycles. The highest BCUT2D eigenvalue weighted by Gasteiger charge is 2.30. The molecule has 1 aliphatic heterocycles. The number of hydrogen-bond donors (Lipinski definition) is 1. The average Bonchev–Trinajstić information content (AvgIpc) is 2.65. The van der Waals surface area contributed by atoms with Crippen LogP contribution < -0.4 is 0 Å². The van der Waals surface area contributed by atoms with Crippen LogP contribution in [0.4, 0.5) is 0 Å². The Morgan fingerprint density at radius 3 is 1.88 bits per heavy atom. The van der Waals surface area contributed by atoms with Gasteiger partial charge in [0.25, 0.3) is 5.91 Å². The van der Waals surface area contributed by atoms with Crippen molar-refractivity contribution in [2.75, 3.05) is 7.05 Å². The van der Waals surface area contributed by atoms with Gasteiger partial charge in [0.1, 0.15) is 10.1 Å². The second kappa shape index (κ2) is 6.19. The molecule has 1 amide bonds. The zero-order valence-corrected chi connectivity index (χ0v) is 17.0. The zero-order chi connectivity index (χ0) is 18.4. The summed E-state index contributed by atoms with van der Waals surface area (Å²) in [6, 6.07) is 3.93. The Bertz CT molecular complexity index is 702. The van der Waals surface area contributed by atoms with E-state index in [2.05, 4.69) is 41.5 Å². The number of hydrogen-bond acceptors (Lipinski definition) is 4. The molecule has 0 spiro atoms. The van der Waals surface area contributed by atoms with Gasteiger partial charge in [-0.3, -0.25) is 9.69 Å². The fourth-order valence-corrected chi connectivity index (χ4v) is 3.76. The van der Waals surface area contributed by atoms with Crippen LogP contribution in [0.5, 0.6) is 5.75 Å². The van der Waals surface area contributed by atoms with Crippen LogP contribution in [0.25, 0.3) is 6.08 Å². The van der Waals surface area contributed by atoms with Crippen LogP contribution in [0.15, 0.2) is 17.0 Å². The number of thiocarbonyl (C=S) groups is 1. The Hall–Kier alpha value is -1.33. The third-order valence-electron chi connectivity index (χ3n) is 4.03. The molecule has 0 unspecified atom stereocenters. The number of likely N-dealkylation sites (N-methyl/N-ethyl adjacent to an activating group) is 1. The van der Waals surface area contributed by atoms with E-state index in [0.717, 1.165) is 16.7 Å². The second-order valence-electron chi connectivity index (χ2n) is 8.21. The van der Waals surface area contributed by atoms with Gasteiger partial charge in [0.2, 0.25) is 0 Å². The maximum absolute atomic E-state index is 12.3. The van der Waals surface area contributed by atoms with Crippen molar-refractivity contribution in [1.29, 1.82) is 0 Å². The molecule has 5 heteroatoms. The third-order valence-corrected chi connectivity index (χ3v) is 5.52. The molecule has 1 aliphatic rings. The van der Waals surface area contributed by atoms with E-state index in [9.17, 15) is 9.90 Å². The summed E-state index contributed by atoms with van der Waals surface area (Å²) in [7, 11) is 1.69. The minimum absolute atomic E-state index is 0.0762. The molecule has 3 nitrogen and oxygen atoms in total. The minimum atomic E-state index is -0.197. The first-order chi connectivity index (χ1) is 10.8. The summed E-state index contributed by atoms with van der Waals surface area (Å²) >= 11 is 6.50. The largest absolute Gasteiger partial charge is 0.507 e. The Labute approximate surface area is 154 Å². The number of aromatic hydroxyl groups is 1. The van der Waals surface area contributed by atoms with E-state index in [1.807, 2.05) is 18.2 Å². The van der Waals surface area contributed by atoms with Gasteiger partial charge in [0, 0.05) is 18.2 Å². The van der Waals surface area contributed by atoms with Crippen molar-refractivity contribution in [2.24, 2.45) is 0 Å². The Balaban J connectivity index is 2.64. The lowest BCUT2D eigenvalue weighted by molar-refractivity contribution is -0.121. The van der Waals surface area contributed by atoms with E-state index in [1.54, 1.807) is 7.05 Å². The molecule has 1 aromatic rings. The van der Waals surface area contributed by atoms with Crippen LogP contribution >= 0.6 is 24.0 Å². The summed E-state index contributed by atoms with van der Waals surface area (Å²) in [5.41, 5.74) is 2.28. The van der Waals surface area contributed by atoms with Crippen molar-refractivity contribution in [3.05, 3.63) is 33.7 Å². The number of benzene rings is 1. The highest BCUT2D eigenvalue weighted by Crippen LogP contribution is 2.41. The van der Waals surface area contributed by atoms with Gasteiger partial charge < -0.3 is 5.11 Å². The van der Waals surface area contributed by atoms with Gasteiger partial charge in [0.15, 0.2) is 0 Å². The van der Waals surface area contributed by atoms with E-state index in [1.165, 1.54) is 16.7 Å². The first-order valence-electron chi connectivity index (χ1n) is 7.92. The smallest absolute Gasteiger partial charge is 0.265 e. The number of phenols is 1. The molecule has 0 bridgehead atoms. The Kier molecular flexibility index (Phi) is 4.90. The molecule has 0 aliphatic carbocycles. The van der Waals surface area contributed by atoms with E-state index in [0.29, 0.717) is 15.0 Å². The highest BCUT2D eigenvalue weighted by molar-refractivity contribution is 8.26. The lowest BCUT2D eigenvalue weighted by Crippen LogP contribution is -2.22. The van der Waals surface area contributed by atoms with Crippen molar-refractivity contribution in [1.82, 2.24) is 4.90 Å². The van der Waals surface area contributed by atoms with Crippen molar-refractivity contribution in [3.63, 3.8) is 0 Å². The van der Waals surface area contributed by atoms with Crippen LogP contribution in [-0.4, -0.2) is 27.3 Å². The SMILES string of the molecule is CN1C(=O)/C(=C\c2cc(C(C)(C)C)c(O)c(C(C)(C)C)c2)SC1=S. The first kappa shape index (κ1) is 19.0. The van der Waals surface area contributed by atoms with Crippen LogP contribution in [-0.2, 0) is 15.6 Å². The number of thioether (sulfide) groups is 1. The van der Waals surface area contributed by atoms with Crippen molar-refractivity contribution in [2.45, 2.75) is 52.4 Å². The fraction of sp³-hybridized carbons (Fsp3) is 0.474. The Morgan fingerprint density at radius 2 is 1.54 bits per heavy atom. The summed E-state index contributed by atoms with van der Waals surface area (Å²) in [6.07, 6.45) is 1.87. The van der Waals surface area contributed by atoms with E-state index in [4.69, 9.17) is 12.2 Å². The van der Waals surface area contributed by atoms with Crippen molar-refractivity contribution < 1.29 is 9.90 Å². The Morgan fingerprint density at radius 1 is 1.08 bits per heavy atom. The summed E-state index contributed by atoms with van der Waals surface area (Å²) in [5.74, 6) is 0.267. The zero-order valence-electron chi connectivity index (χ0n) is 15.4. The van der Waals surface area contributed by atoms with Gasteiger partial charge in [-0.05, 0) is 34.6 Å². The number of carbonyl (C=O) groups is 1. The lowest BCUT2D eigenvalue weighted by Gasteiger charge is -2.28. The standard InChI is InChI=1S/C19H25NO2S2/c1-18(2,3)12-8-11(9-13(15(12)21)19(4,5)6)10-14-16(22)20(7)17(23)24-14/h8-10,21H,1-7H3/b14-10+. The lowest BCUT2D eigenvalue weighted by atomic mass is 9.78. The van der Waals surface area contributed by atoms with Gasteiger partial charge in [-0.15, -0.1) is 0 Å². The van der Waals surface area contributed by atoms with E-state index in [-0.39, 0.29) is 16.7 Å². The third kappa shape index (κ3) is 3.67. The number of carbonyl (C=O) groups excluding carboxylic acids is 1. The molecule has 0 saturated carbocycles. The minimum Gasteiger partial charge on any atom is -0.507 e. The van der Waals surface area contributed by atoms with Crippen molar-refractivity contribution in [3.8, 4) is 5.75 Å². The molecule has 1 N–H and O–H groups in total. The van der Waals surface area contributed by atoms with Crippen LogP contribution in [0.1, 0.15) is 58.2 Å². The molecular weight excluding hydrogens is 338 g/mol. The topological polar surface area (TPSA) is 40.5 Å². The maximum atomic E-state index is 12.3. The van der Waals surface area contributed by atoms with E-state index < -0.39 is 0 Å². The quantitative estimate of drug-likeness (QED) is 0.574. The van der Waals surface area contributed by atoms with Gasteiger partial charge in [0.05, 0.1) is 4.91 Å². The van der Waals surface area contributed by atoms with Gasteiger partial charge in [-0.25, -0.2) is 0 Å². The van der Waals surface area contributed by atoms with Crippen LogP contribution in [0.3, 0.4) is 0 Å². The predicted molar refractivity (Wildman–Crippen MR) is 106 cm³/mol. The number of nitrogens with zero attached hydrogens (tertiary/aromatic N) is 1. The maximum Gasteiger partial charge on any atom is 0.265 e. The van der Waals surface area contributed by atoms with Crippen LogP contribution in [0, 0.1) is 0 Å². The molecule has 130 valence electrons. The molecule has 0 atom stereocenters. The predicted octanol–water partition coefficient (Wildman–Crippen LogP) is 4.82. The second-order valence-corrected chi connectivity index (χ2v) is 9.88. The summed E-state index contributed by atoms with van der Waals surface area (Å²) in [6.45, 7) is 12.4. The normalized spacial score (nSPS) is 18.0.